The number of hydrogen-bond donors (Lipinski definition) is 2. The number of amides is 1. The van der Waals surface area contributed by atoms with Crippen LogP contribution in [-0.2, 0) is 4.79 Å². The van der Waals surface area contributed by atoms with Gasteiger partial charge in [-0.2, -0.15) is 9.40 Å². The van der Waals surface area contributed by atoms with Crippen molar-refractivity contribution in [3.8, 4) is 5.75 Å². The van der Waals surface area contributed by atoms with E-state index in [1.54, 1.807) is 46.5 Å². The number of ether oxygens (including phenoxy) is 1. The van der Waals surface area contributed by atoms with Crippen LogP contribution in [-0.4, -0.2) is 61.4 Å². The predicted molar refractivity (Wildman–Crippen MR) is 121 cm³/mol. The summed E-state index contributed by atoms with van der Waals surface area (Å²) in [7, 11) is 0. The molecule has 0 spiro atoms. The van der Waals surface area contributed by atoms with E-state index in [2.05, 4.69) is 4.98 Å². The van der Waals surface area contributed by atoms with Crippen LogP contribution in [0.25, 0.3) is 0 Å². The molecule has 1 fully saturated rings. The Balaban J connectivity index is 1.78. The summed E-state index contributed by atoms with van der Waals surface area (Å²) in [5.74, 6) is -3.41. The predicted octanol–water partition coefficient (Wildman–Crippen LogP) is 3.15. The van der Waals surface area contributed by atoms with Crippen LogP contribution in [0.5, 0.6) is 5.75 Å². The molecule has 0 radical (unpaired) electrons. The molecule has 2 N–H and O–H groups in total. The maximum absolute atomic E-state index is 15.1. The summed E-state index contributed by atoms with van der Waals surface area (Å²) in [6.07, 6.45) is 6.99. The van der Waals surface area contributed by atoms with Crippen molar-refractivity contribution in [2.24, 2.45) is 0 Å². The topological polar surface area (TPSA) is 89.4 Å². The van der Waals surface area contributed by atoms with E-state index in [1.807, 2.05) is 6.92 Å². The molecule has 2 aromatic rings. The molecule has 182 valence electrons. The number of hydrazine groups is 1. The van der Waals surface area contributed by atoms with Crippen LogP contribution in [0, 0.1) is 11.6 Å². The average Bonchev–Trinajstić information content (AvgIpc) is 2.89. The van der Waals surface area contributed by atoms with Crippen LogP contribution in [0.1, 0.15) is 30.6 Å². The molecule has 3 aliphatic rings. The van der Waals surface area contributed by atoms with Gasteiger partial charge in [0.15, 0.2) is 23.0 Å². The number of pyridine rings is 1. The molecular weight excluding hydrogens is 458 g/mol. The maximum atomic E-state index is 15.1. The zero-order valence-electron chi connectivity index (χ0n) is 18.9. The molecule has 4 atom stereocenters. The summed E-state index contributed by atoms with van der Waals surface area (Å²) >= 11 is 0. The van der Waals surface area contributed by atoms with Crippen LogP contribution in [0.15, 0.2) is 72.4 Å². The Hall–Kier alpha value is -3.76. The summed E-state index contributed by atoms with van der Waals surface area (Å²) in [6.45, 7) is 1.90. The van der Waals surface area contributed by atoms with Crippen molar-refractivity contribution in [2.45, 2.75) is 31.5 Å². The Labute approximate surface area is 200 Å². The molecule has 2 bridgehead atoms. The summed E-state index contributed by atoms with van der Waals surface area (Å²) in [4.78, 5) is 19.6. The number of hydrogen-bond acceptors (Lipinski definition) is 7. The molecule has 0 saturated carbocycles. The van der Waals surface area contributed by atoms with Gasteiger partial charge in [-0.05, 0) is 36.8 Å². The van der Waals surface area contributed by atoms with E-state index in [9.17, 15) is 19.4 Å². The Morgan fingerprint density at radius 3 is 2.77 bits per heavy atom. The van der Waals surface area contributed by atoms with E-state index in [0.29, 0.717) is 17.7 Å². The standard InChI is InChI=1S/C25H24F2N4O4/c1-2-15-6-5-13-35-24-16(8-9-17(26)20(24)27)21(18-7-3-4-11-28-18)31-14-29(15)25(34)22-23(33)19(32)10-12-30(22)31/h3-12,15,19,21,32-33H,2,13-14H2,1H3/b6-5+/t15-,19?,21-/m0/s1. The lowest BCUT2D eigenvalue weighted by Gasteiger charge is -2.50. The van der Waals surface area contributed by atoms with Gasteiger partial charge in [0.2, 0.25) is 5.82 Å². The first-order valence-electron chi connectivity index (χ1n) is 11.3. The van der Waals surface area contributed by atoms with E-state index in [-0.39, 0.29) is 30.8 Å². The number of carbonyl (C=O) groups excluding carboxylic acids is 1. The van der Waals surface area contributed by atoms with Crippen molar-refractivity contribution in [2.75, 3.05) is 13.3 Å². The molecule has 1 amide bonds. The van der Waals surface area contributed by atoms with Gasteiger partial charge in [-0.1, -0.05) is 25.1 Å². The molecule has 10 heteroatoms. The molecule has 35 heavy (non-hydrogen) atoms. The molecule has 8 nitrogen and oxygen atoms in total. The van der Waals surface area contributed by atoms with Crippen molar-refractivity contribution in [3.05, 3.63) is 95.3 Å². The molecule has 0 aliphatic carbocycles. The number of aromatic nitrogens is 1. The smallest absolute Gasteiger partial charge is 0.277 e. The fourth-order valence-electron chi connectivity index (χ4n) is 4.62. The van der Waals surface area contributed by atoms with Crippen molar-refractivity contribution in [3.63, 3.8) is 0 Å². The van der Waals surface area contributed by atoms with Crippen molar-refractivity contribution in [1.29, 1.82) is 0 Å². The number of rotatable bonds is 2. The van der Waals surface area contributed by atoms with Crippen LogP contribution in [0.4, 0.5) is 8.78 Å². The highest BCUT2D eigenvalue weighted by Crippen LogP contribution is 2.41. The SMILES string of the molecule is CC[C@H]1/C=C/COc2c(ccc(F)c2F)[C@@H](c2ccccn2)N2CN1C(=O)C1=C(O)C(O)C=CN12. The minimum atomic E-state index is -1.35. The average molecular weight is 482 g/mol. The van der Waals surface area contributed by atoms with Gasteiger partial charge in [-0.3, -0.25) is 14.8 Å². The number of aliphatic hydroxyl groups is 2. The second-order valence-electron chi connectivity index (χ2n) is 8.37. The minimum Gasteiger partial charge on any atom is -0.507 e. The van der Waals surface area contributed by atoms with E-state index < -0.39 is 35.4 Å². The van der Waals surface area contributed by atoms with Crippen LogP contribution in [0.2, 0.25) is 0 Å². The van der Waals surface area contributed by atoms with E-state index >= 15 is 4.39 Å². The van der Waals surface area contributed by atoms with Crippen molar-refractivity contribution in [1.82, 2.24) is 19.9 Å². The third kappa shape index (κ3) is 3.84. The first-order valence-corrected chi connectivity index (χ1v) is 11.3. The number of benzene rings is 1. The van der Waals surface area contributed by atoms with Crippen LogP contribution < -0.4 is 4.74 Å². The molecule has 1 aromatic carbocycles. The lowest BCUT2D eigenvalue weighted by atomic mass is 9.99. The fourth-order valence-corrected chi connectivity index (χ4v) is 4.62. The number of aliphatic hydroxyl groups excluding tert-OH is 2. The van der Waals surface area contributed by atoms with Gasteiger partial charge < -0.3 is 19.8 Å². The Morgan fingerprint density at radius 2 is 2.03 bits per heavy atom. The molecule has 4 heterocycles. The van der Waals surface area contributed by atoms with E-state index in [0.717, 1.165) is 6.07 Å². The van der Waals surface area contributed by atoms with E-state index in [1.165, 1.54) is 23.4 Å². The lowest BCUT2D eigenvalue weighted by molar-refractivity contribution is -0.152. The first-order chi connectivity index (χ1) is 16.9. The largest absolute Gasteiger partial charge is 0.507 e. The molecule has 1 saturated heterocycles. The van der Waals surface area contributed by atoms with Gasteiger partial charge in [0.1, 0.15) is 18.8 Å². The van der Waals surface area contributed by atoms with Gasteiger partial charge in [0, 0.05) is 18.0 Å². The lowest BCUT2D eigenvalue weighted by Crippen LogP contribution is -2.60. The fraction of sp³-hybridized carbons (Fsp3) is 0.280. The molecular formula is C25H24F2N4O4. The minimum absolute atomic E-state index is 0.0402. The van der Waals surface area contributed by atoms with Gasteiger partial charge in [0.25, 0.3) is 5.91 Å². The Morgan fingerprint density at radius 1 is 1.20 bits per heavy atom. The summed E-state index contributed by atoms with van der Waals surface area (Å²) < 4.78 is 35.1. The summed E-state index contributed by atoms with van der Waals surface area (Å²) in [5.41, 5.74) is 0.651. The highest BCUT2D eigenvalue weighted by molar-refractivity contribution is 5.95. The highest BCUT2D eigenvalue weighted by Gasteiger charge is 2.45. The molecule has 2 unspecified atom stereocenters. The van der Waals surface area contributed by atoms with Gasteiger partial charge in [0.05, 0.1) is 18.4 Å². The van der Waals surface area contributed by atoms with Crippen LogP contribution in [0.3, 0.4) is 0 Å². The summed E-state index contributed by atoms with van der Waals surface area (Å²) in [6, 6.07) is 6.46. The third-order valence-corrected chi connectivity index (χ3v) is 6.34. The Kier molecular flexibility index (Phi) is 6.00. The number of fused-ring (bicyclic) bond motifs is 5. The zero-order chi connectivity index (χ0) is 24.7. The molecule has 1 aromatic heterocycles. The zero-order valence-corrected chi connectivity index (χ0v) is 18.9. The van der Waals surface area contributed by atoms with Gasteiger partial charge in [-0.15, -0.1) is 0 Å². The quantitative estimate of drug-likeness (QED) is 0.636. The van der Waals surface area contributed by atoms with E-state index in [4.69, 9.17) is 4.74 Å². The molecule has 5 rings (SSSR count). The normalized spacial score (nSPS) is 27.0. The Bertz CT molecular complexity index is 1230. The first kappa shape index (κ1) is 23.0. The van der Waals surface area contributed by atoms with Crippen LogP contribution >= 0.6 is 0 Å². The number of halogens is 2. The highest BCUT2D eigenvalue weighted by atomic mass is 19.2. The van der Waals surface area contributed by atoms with Gasteiger partial charge >= 0.3 is 0 Å². The summed E-state index contributed by atoms with van der Waals surface area (Å²) in [5, 5.41) is 24.1. The van der Waals surface area contributed by atoms with Gasteiger partial charge in [-0.25, -0.2) is 4.39 Å². The van der Waals surface area contributed by atoms with Crippen molar-refractivity contribution >= 4 is 5.91 Å². The second-order valence-corrected chi connectivity index (χ2v) is 8.37. The number of carbonyl (C=O) groups is 1. The third-order valence-electron chi connectivity index (χ3n) is 6.34. The molecule has 3 aliphatic heterocycles. The number of nitrogens with zero attached hydrogens (tertiary/aromatic N) is 4. The maximum Gasteiger partial charge on any atom is 0.277 e. The monoisotopic (exact) mass is 482 g/mol. The second kappa shape index (κ2) is 9.12. The van der Waals surface area contributed by atoms with Crippen molar-refractivity contribution < 1.29 is 28.5 Å².